The van der Waals surface area contributed by atoms with E-state index in [1.165, 1.54) is 0 Å². The third kappa shape index (κ3) is 2.85. The van der Waals surface area contributed by atoms with Crippen LogP contribution in [0.3, 0.4) is 0 Å². The van der Waals surface area contributed by atoms with E-state index in [2.05, 4.69) is 5.32 Å². The van der Waals surface area contributed by atoms with E-state index in [1.807, 2.05) is 0 Å². The van der Waals surface area contributed by atoms with Crippen molar-refractivity contribution in [2.75, 3.05) is 12.4 Å². The quantitative estimate of drug-likeness (QED) is 0.653. The van der Waals surface area contributed by atoms with Gasteiger partial charge in [-0.2, -0.15) is 0 Å². The van der Waals surface area contributed by atoms with Crippen LogP contribution in [0.15, 0.2) is 24.3 Å². The second kappa shape index (κ2) is 5.19. The summed E-state index contributed by atoms with van der Waals surface area (Å²) in [6, 6.07) is 6.58. The number of aromatic carboxylic acids is 1. The van der Waals surface area contributed by atoms with Gasteiger partial charge in [-0.05, 0) is 24.3 Å². The zero-order chi connectivity index (χ0) is 8.27. The molecule has 4 heteroatoms. The Labute approximate surface area is 93.1 Å². The van der Waals surface area contributed by atoms with Crippen molar-refractivity contribution in [2.24, 2.45) is 0 Å². The first-order valence-electron chi connectivity index (χ1n) is 3.25. The standard InChI is InChI=1S/C8H9NO2.Na.H/c1-9-7-4-2-6(3-5-7)8(10)11;;/h2-5,9H,1H3,(H,10,11);;. The van der Waals surface area contributed by atoms with Crippen LogP contribution in [-0.2, 0) is 0 Å². The molecular formula is C8H10NNaO2. The monoisotopic (exact) mass is 175 g/mol. The van der Waals surface area contributed by atoms with Gasteiger partial charge in [0, 0.05) is 12.7 Å². The zero-order valence-corrected chi connectivity index (χ0v) is 6.16. The molecule has 1 rings (SSSR count). The summed E-state index contributed by atoms with van der Waals surface area (Å²) in [6.45, 7) is 0. The average molecular weight is 175 g/mol. The first kappa shape index (κ1) is 11.5. The van der Waals surface area contributed by atoms with E-state index < -0.39 is 5.97 Å². The minimum absolute atomic E-state index is 0. The first-order chi connectivity index (χ1) is 5.24. The van der Waals surface area contributed by atoms with Gasteiger partial charge in [0.2, 0.25) is 0 Å². The molecule has 0 fully saturated rings. The number of carbonyl (C=O) groups is 1. The van der Waals surface area contributed by atoms with E-state index in [4.69, 9.17) is 5.11 Å². The molecule has 0 aliphatic rings. The third-order valence-electron chi connectivity index (χ3n) is 1.42. The summed E-state index contributed by atoms with van der Waals surface area (Å²) in [7, 11) is 1.79. The number of carboxylic acids is 1. The van der Waals surface area contributed by atoms with Crippen molar-refractivity contribution in [1.29, 1.82) is 0 Å². The fourth-order valence-corrected chi connectivity index (χ4v) is 0.779. The van der Waals surface area contributed by atoms with Gasteiger partial charge in [0.25, 0.3) is 0 Å². The number of carboxylic acid groups (broad SMARTS) is 1. The number of hydrogen-bond acceptors (Lipinski definition) is 2. The van der Waals surface area contributed by atoms with Crippen LogP contribution in [0.1, 0.15) is 10.4 Å². The molecule has 0 radical (unpaired) electrons. The molecule has 12 heavy (non-hydrogen) atoms. The van der Waals surface area contributed by atoms with Gasteiger partial charge in [-0.1, -0.05) is 0 Å². The number of benzene rings is 1. The van der Waals surface area contributed by atoms with Crippen LogP contribution in [0.2, 0.25) is 0 Å². The molecule has 0 amide bonds. The van der Waals surface area contributed by atoms with Crippen LogP contribution >= 0.6 is 0 Å². The second-order valence-electron chi connectivity index (χ2n) is 2.13. The van der Waals surface area contributed by atoms with Crippen LogP contribution in [0.4, 0.5) is 5.69 Å². The molecule has 0 aliphatic heterocycles. The van der Waals surface area contributed by atoms with Gasteiger partial charge in [-0.15, -0.1) is 0 Å². The van der Waals surface area contributed by atoms with E-state index in [-0.39, 0.29) is 29.6 Å². The predicted octanol–water partition coefficient (Wildman–Crippen LogP) is 0.778. The van der Waals surface area contributed by atoms with Gasteiger partial charge in [-0.3, -0.25) is 0 Å². The van der Waals surface area contributed by atoms with E-state index in [0.29, 0.717) is 5.56 Å². The Hall–Kier alpha value is -0.510. The third-order valence-corrected chi connectivity index (χ3v) is 1.42. The Morgan fingerprint density at radius 1 is 1.33 bits per heavy atom. The number of hydrogen-bond donors (Lipinski definition) is 2. The molecule has 3 nitrogen and oxygen atoms in total. The molecule has 0 aliphatic carbocycles. The number of nitrogens with one attached hydrogen (secondary N) is 1. The summed E-state index contributed by atoms with van der Waals surface area (Å²) in [5.41, 5.74) is 1.22. The molecule has 0 saturated carbocycles. The molecule has 1 aromatic rings. The molecule has 0 aromatic heterocycles. The van der Waals surface area contributed by atoms with Crippen molar-refractivity contribution in [1.82, 2.24) is 0 Å². The Bertz CT molecular complexity index is 258. The van der Waals surface area contributed by atoms with Gasteiger partial charge in [0.05, 0.1) is 5.56 Å². The van der Waals surface area contributed by atoms with Crippen molar-refractivity contribution in [3.8, 4) is 0 Å². The van der Waals surface area contributed by atoms with E-state index in [1.54, 1.807) is 31.3 Å². The van der Waals surface area contributed by atoms with E-state index in [0.717, 1.165) is 5.69 Å². The summed E-state index contributed by atoms with van der Waals surface area (Å²) >= 11 is 0. The molecule has 0 spiro atoms. The molecule has 0 saturated heterocycles. The Balaban J connectivity index is 0.00000121. The fraction of sp³-hybridized carbons (Fsp3) is 0.125. The molecule has 0 unspecified atom stereocenters. The van der Waals surface area contributed by atoms with Gasteiger partial charge in [-0.25, -0.2) is 4.79 Å². The number of rotatable bonds is 2. The van der Waals surface area contributed by atoms with Crippen molar-refractivity contribution in [3.05, 3.63) is 29.8 Å². The van der Waals surface area contributed by atoms with Crippen LogP contribution < -0.4 is 5.32 Å². The molecule has 0 heterocycles. The molecule has 60 valence electrons. The van der Waals surface area contributed by atoms with Gasteiger partial charge < -0.3 is 10.4 Å². The maximum absolute atomic E-state index is 10.4. The zero-order valence-electron chi connectivity index (χ0n) is 6.16. The van der Waals surface area contributed by atoms with Crippen molar-refractivity contribution < 1.29 is 9.90 Å². The fourth-order valence-electron chi connectivity index (χ4n) is 0.779. The van der Waals surface area contributed by atoms with E-state index >= 15 is 0 Å². The van der Waals surface area contributed by atoms with Gasteiger partial charge >= 0.3 is 35.5 Å². The topological polar surface area (TPSA) is 49.3 Å². The summed E-state index contributed by atoms with van der Waals surface area (Å²) < 4.78 is 0. The van der Waals surface area contributed by atoms with Crippen LogP contribution in [0.5, 0.6) is 0 Å². The van der Waals surface area contributed by atoms with Crippen LogP contribution in [0.25, 0.3) is 0 Å². The molecule has 2 N–H and O–H groups in total. The second-order valence-corrected chi connectivity index (χ2v) is 2.13. The average Bonchev–Trinajstić information content (AvgIpc) is 2.05. The van der Waals surface area contributed by atoms with Crippen molar-refractivity contribution in [3.63, 3.8) is 0 Å². The van der Waals surface area contributed by atoms with Crippen LogP contribution in [0, 0.1) is 0 Å². The summed E-state index contributed by atoms with van der Waals surface area (Å²) in [6.07, 6.45) is 0. The Morgan fingerprint density at radius 3 is 2.17 bits per heavy atom. The van der Waals surface area contributed by atoms with Gasteiger partial charge in [0.15, 0.2) is 0 Å². The normalized spacial score (nSPS) is 8.42. The van der Waals surface area contributed by atoms with Crippen molar-refractivity contribution in [2.45, 2.75) is 0 Å². The first-order valence-corrected chi connectivity index (χ1v) is 3.25. The molecule has 0 bridgehead atoms. The number of anilines is 1. The summed E-state index contributed by atoms with van der Waals surface area (Å²) in [5, 5.41) is 11.4. The summed E-state index contributed by atoms with van der Waals surface area (Å²) in [4.78, 5) is 10.4. The molecule has 0 atom stereocenters. The molecular weight excluding hydrogens is 165 g/mol. The Kier molecular flexibility index (Phi) is 4.97. The maximum atomic E-state index is 10.4. The Morgan fingerprint density at radius 2 is 1.83 bits per heavy atom. The van der Waals surface area contributed by atoms with Crippen LogP contribution in [-0.4, -0.2) is 47.7 Å². The van der Waals surface area contributed by atoms with E-state index in [9.17, 15) is 4.79 Å². The molecule has 1 aromatic carbocycles. The minimum atomic E-state index is -0.896. The van der Waals surface area contributed by atoms with Gasteiger partial charge in [0.1, 0.15) is 0 Å². The summed E-state index contributed by atoms with van der Waals surface area (Å²) in [5.74, 6) is -0.896. The van der Waals surface area contributed by atoms with Crippen molar-refractivity contribution >= 4 is 41.2 Å². The predicted molar refractivity (Wildman–Crippen MR) is 50.1 cm³/mol. The SMILES string of the molecule is CNc1ccc(C(=O)O)cc1.[NaH].